The van der Waals surface area contributed by atoms with E-state index < -0.39 is 0 Å². The quantitative estimate of drug-likeness (QED) is 0.671. The number of carbonyl (C=O) groups is 1. The molecule has 1 fully saturated rings. The van der Waals surface area contributed by atoms with Crippen LogP contribution in [0.1, 0.15) is 40.4 Å². The van der Waals surface area contributed by atoms with E-state index >= 15 is 0 Å². The second-order valence-electron chi connectivity index (χ2n) is 7.30. The maximum atomic E-state index is 13.1. The molecule has 0 radical (unpaired) electrons. The number of aryl methyl sites for hydroxylation is 1. The smallest absolute Gasteiger partial charge is 0.253 e. The summed E-state index contributed by atoms with van der Waals surface area (Å²) < 4.78 is 13.1. The van der Waals surface area contributed by atoms with Crippen molar-refractivity contribution in [2.24, 2.45) is 0 Å². The van der Waals surface area contributed by atoms with Crippen LogP contribution in [0, 0.1) is 12.7 Å². The van der Waals surface area contributed by atoms with Gasteiger partial charge < -0.3 is 4.90 Å². The number of hydrogen-bond donors (Lipinski definition) is 0. The van der Waals surface area contributed by atoms with E-state index in [1.165, 1.54) is 17.7 Å². The fourth-order valence-corrected chi connectivity index (χ4v) is 3.70. The normalized spacial score (nSPS) is 16.8. The van der Waals surface area contributed by atoms with E-state index in [-0.39, 0.29) is 17.6 Å². The lowest BCUT2D eigenvalue weighted by atomic mass is 9.94. The van der Waals surface area contributed by atoms with E-state index in [2.05, 4.69) is 24.0 Å². The van der Waals surface area contributed by atoms with Gasteiger partial charge in [0.2, 0.25) is 0 Å². The molecule has 0 saturated carbocycles. The lowest BCUT2D eigenvalue weighted by Gasteiger charge is -2.32. The van der Waals surface area contributed by atoms with Crippen molar-refractivity contribution in [1.29, 1.82) is 0 Å². The van der Waals surface area contributed by atoms with Crippen LogP contribution in [0.3, 0.4) is 0 Å². The summed E-state index contributed by atoms with van der Waals surface area (Å²) in [5.74, 6) is -0.251. The Morgan fingerprint density at radius 3 is 2.75 bits per heavy atom. The lowest BCUT2D eigenvalue weighted by Crippen LogP contribution is -2.39. The Labute approximate surface area is 164 Å². The van der Waals surface area contributed by atoms with Gasteiger partial charge in [-0.3, -0.25) is 9.78 Å². The van der Waals surface area contributed by atoms with E-state index in [1.807, 2.05) is 17.0 Å². The highest BCUT2D eigenvalue weighted by molar-refractivity contribution is 5.94. The summed E-state index contributed by atoms with van der Waals surface area (Å²) in [6.45, 7) is 3.36. The number of hydrogen-bond acceptors (Lipinski definition) is 3. The minimum absolute atomic E-state index is 0.0625. The SMILES string of the molecule is Cc1cccc(-c2cncc([C@H]3CCCN(C(=O)c4ccc(F)cc4)C3)n2)c1. The van der Waals surface area contributed by atoms with Crippen LogP contribution in [0.15, 0.2) is 60.9 Å². The summed E-state index contributed by atoms with van der Waals surface area (Å²) in [6, 6.07) is 13.9. The van der Waals surface area contributed by atoms with Crippen molar-refractivity contribution in [3.8, 4) is 11.3 Å². The number of nitrogens with zero attached hydrogens (tertiary/aromatic N) is 3. The van der Waals surface area contributed by atoms with Crippen molar-refractivity contribution < 1.29 is 9.18 Å². The molecule has 0 unspecified atom stereocenters. The van der Waals surface area contributed by atoms with Gasteiger partial charge in [-0.2, -0.15) is 0 Å². The van der Waals surface area contributed by atoms with E-state index in [4.69, 9.17) is 4.98 Å². The van der Waals surface area contributed by atoms with Crippen molar-refractivity contribution in [3.63, 3.8) is 0 Å². The largest absolute Gasteiger partial charge is 0.338 e. The molecule has 4 nitrogen and oxygen atoms in total. The lowest BCUT2D eigenvalue weighted by molar-refractivity contribution is 0.0705. The van der Waals surface area contributed by atoms with Gasteiger partial charge in [0.15, 0.2) is 0 Å². The average molecular weight is 375 g/mol. The maximum Gasteiger partial charge on any atom is 0.253 e. The highest BCUT2D eigenvalue weighted by Crippen LogP contribution is 2.28. The Bertz CT molecular complexity index is 987. The van der Waals surface area contributed by atoms with Crippen molar-refractivity contribution in [3.05, 3.63) is 83.6 Å². The molecule has 1 aliphatic heterocycles. The minimum Gasteiger partial charge on any atom is -0.338 e. The van der Waals surface area contributed by atoms with Crippen molar-refractivity contribution in [1.82, 2.24) is 14.9 Å². The molecule has 5 heteroatoms. The summed E-state index contributed by atoms with van der Waals surface area (Å²) in [7, 11) is 0. The van der Waals surface area contributed by atoms with Gasteiger partial charge in [-0.05, 0) is 50.1 Å². The molecule has 1 saturated heterocycles. The van der Waals surface area contributed by atoms with Crippen LogP contribution in [0.4, 0.5) is 4.39 Å². The van der Waals surface area contributed by atoms with Crippen LogP contribution in [0.5, 0.6) is 0 Å². The fraction of sp³-hybridized carbons (Fsp3) is 0.261. The number of amides is 1. The average Bonchev–Trinajstić information content (AvgIpc) is 2.74. The second kappa shape index (κ2) is 7.89. The van der Waals surface area contributed by atoms with Gasteiger partial charge >= 0.3 is 0 Å². The molecule has 28 heavy (non-hydrogen) atoms. The molecular formula is C23H22FN3O. The Balaban J connectivity index is 1.54. The van der Waals surface area contributed by atoms with Crippen LogP contribution in [-0.2, 0) is 0 Å². The first-order chi connectivity index (χ1) is 13.6. The van der Waals surface area contributed by atoms with Gasteiger partial charge in [0.1, 0.15) is 5.82 Å². The van der Waals surface area contributed by atoms with E-state index in [9.17, 15) is 9.18 Å². The minimum atomic E-state index is -0.337. The third-order valence-corrected chi connectivity index (χ3v) is 5.19. The molecule has 1 aliphatic rings. The Morgan fingerprint density at radius 1 is 1.14 bits per heavy atom. The van der Waals surface area contributed by atoms with Crippen LogP contribution in [0.2, 0.25) is 0 Å². The van der Waals surface area contributed by atoms with Gasteiger partial charge in [0.25, 0.3) is 5.91 Å². The second-order valence-corrected chi connectivity index (χ2v) is 7.30. The number of rotatable bonds is 3. The molecule has 142 valence electrons. The Hall–Kier alpha value is -3.08. The molecule has 0 N–H and O–H groups in total. The standard InChI is InChI=1S/C23H22FN3O/c1-16-4-2-5-18(12-16)21-13-25-14-22(26-21)19-6-3-11-27(15-19)23(28)17-7-9-20(24)10-8-17/h2,4-5,7-10,12-14,19H,3,6,11,15H2,1H3/t19-/m0/s1. The van der Waals surface area contributed by atoms with Crippen LogP contribution >= 0.6 is 0 Å². The number of halogens is 1. The van der Waals surface area contributed by atoms with Gasteiger partial charge in [-0.15, -0.1) is 0 Å². The first kappa shape index (κ1) is 18.3. The van der Waals surface area contributed by atoms with Gasteiger partial charge in [0, 0.05) is 36.3 Å². The molecule has 1 atom stereocenters. The number of likely N-dealkylation sites (tertiary alicyclic amines) is 1. The summed E-state index contributed by atoms with van der Waals surface area (Å²) in [5.41, 5.74) is 4.50. The van der Waals surface area contributed by atoms with Gasteiger partial charge in [-0.25, -0.2) is 9.37 Å². The molecule has 2 aromatic carbocycles. The molecule has 1 aromatic heterocycles. The van der Waals surface area contributed by atoms with Crippen molar-refractivity contribution in [2.75, 3.05) is 13.1 Å². The molecule has 3 aromatic rings. The Kier molecular flexibility index (Phi) is 5.15. The zero-order valence-corrected chi connectivity index (χ0v) is 15.8. The predicted molar refractivity (Wildman–Crippen MR) is 106 cm³/mol. The van der Waals surface area contributed by atoms with Crippen LogP contribution in [0.25, 0.3) is 11.3 Å². The zero-order chi connectivity index (χ0) is 19.5. The predicted octanol–water partition coefficient (Wildman–Crippen LogP) is 4.61. The Morgan fingerprint density at radius 2 is 1.96 bits per heavy atom. The zero-order valence-electron chi connectivity index (χ0n) is 15.8. The van der Waals surface area contributed by atoms with Crippen LogP contribution < -0.4 is 0 Å². The number of piperidine rings is 1. The molecule has 1 amide bonds. The van der Waals surface area contributed by atoms with E-state index in [1.54, 1.807) is 24.5 Å². The van der Waals surface area contributed by atoms with Crippen molar-refractivity contribution in [2.45, 2.75) is 25.7 Å². The molecule has 0 bridgehead atoms. The highest BCUT2D eigenvalue weighted by atomic mass is 19.1. The third-order valence-electron chi connectivity index (χ3n) is 5.19. The first-order valence-corrected chi connectivity index (χ1v) is 9.54. The summed E-state index contributed by atoms with van der Waals surface area (Å²) in [4.78, 5) is 23.8. The van der Waals surface area contributed by atoms with E-state index in [0.717, 1.165) is 29.8 Å². The molecular weight excluding hydrogens is 353 g/mol. The van der Waals surface area contributed by atoms with Gasteiger partial charge in [-0.1, -0.05) is 23.8 Å². The number of benzene rings is 2. The first-order valence-electron chi connectivity index (χ1n) is 9.54. The highest BCUT2D eigenvalue weighted by Gasteiger charge is 2.26. The topological polar surface area (TPSA) is 46.1 Å². The van der Waals surface area contributed by atoms with Crippen molar-refractivity contribution >= 4 is 5.91 Å². The van der Waals surface area contributed by atoms with Gasteiger partial charge in [0.05, 0.1) is 17.6 Å². The summed E-state index contributed by atoms with van der Waals surface area (Å²) >= 11 is 0. The summed E-state index contributed by atoms with van der Waals surface area (Å²) in [6.07, 6.45) is 5.46. The number of aromatic nitrogens is 2. The van der Waals surface area contributed by atoms with E-state index in [0.29, 0.717) is 18.7 Å². The molecule has 0 aliphatic carbocycles. The number of carbonyl (C=O) groups excluding carboxylic acids is 1. The molecule has 4 rings (SSSR count). The fourth-order valence-electron chi connectivity index (χ4n) is 3.70. The third kappa shape index (κ3) is 3.93. The van der Waals surface area contributed by atoms with Crippen LogP contribution in [-0.4, -0.2) is 33.9 Å². The maximum absolute atomic E-state index is 13.1. The molecule has 2 heterocycles. The summed E-state index contributed by atoms with van der Waals surface area (Å²) in [5, 5.41) is 0. The molecule has 0 spiro atoms. The monoisotopic (exact) mass is 375 g/mol.